The zero-order valence-electron chi connectivity index (χ0n) is 10.5. The summed E-state index contributed by atoms with van der Waals surface area (Å²) in [6.07, 6.45) is 2.32. The zero-order valence-corrected chi connectivity index (χ0v) is 10.5. The molecule has 0 saturated heterocycles. The second kappa shape index (κ2) is 4.42. The summed E-state index contributed by atoms with van der Waals surface area (Å²) < 4.78 is 20.5. The highest BCUT2D eigenvalue weighted by Crippen LogP contribution is 2.25. The van der Waals surface area contributed by atoms with E-state index in [1.54, 1.807) is 12.3 Å². The number of nitrogens with two attached hydrogens (primary N) is 1. The minimum atomic E-state index is -0.293. The summed E-state index contributed by atoms with van der Waals surface area (Å²) in [4.78, 5) is 4.25. The Hall–Kier alpha value is -2.30. The summed E-state index contributed by atoms with van der Waals surface area (Å²) in [6.45, 7) is 2.00. The average Bonchev–Trinajstić information content (AvgIpc) is 2.95. The van der Waals surface area contributed by atoms with Crippen molar-refractivity contribution in [2.45, 2.75) is 19.4 Å². The van der Waals surface area contributed by atoms with Gasteiger partial charge in [0, 0.05) is 12.5 Å². The average molecular weight is 259 g/mol. The molecule has 1 atom stereocenters. The number of halogens is 1. The van der Waals surface area contributed by atoms with E-state index in [2.05, 4.69) is 4.98 Å². The van der Waals surface area contributed by atoms with E-state index in [0.717, 1.165) is 5.76 Å². The van der Waals surface area contributed by atoms with Crippen LogP contribution in [0.1, 0.15) is 18.7 Å². The van der Waals surface area contributed by atoms with Crippen molar-refractivity contribution in [1.82, 2.24) is 9.55 Å². The van der Waals surface area contributed by atoms with Crippen LogP contribution in [0.2, 0.25) is 0 Å². The Morgan fingerprint density at radius 3 is 3.00 bits per heavy atom. The van der Waals surface area contributed by atoms with Crippen molar-refractivity contribution in [2.75, 3.05) is 5.73 Å². The van der Waals surface area contributed by atoms with Gasteiger partial charge in [0.15, 0.2) is 0 Å². The van der Waals surface area contributed by atoms with Crippen LogP contribution in [0, 0.1) is 5.82 Å². The largest absolute Gasteiger partial charge is 0.469 e. The van der Waals surface area contributed by atoms with Gasteiger partial charge in [-0.2, -0.15) is 0 Å². The van der Waals surface area contributed by atoms with Gasteiger partial charge in [-0.05, 0) is 37.3 Å². The molecule has 98 valence electrons. The molecule has 2 N–H and O–H groups in total. The quantitative estimate of drug-likeness (QED) is 0.786. The number of hydrogen-bond acceptors (Lipinski definition) is 3. The number of aromatic nitrogens is 2. The molecule has 2 heterocycles. The van der Waals surface area contributed by atoms with Crippen molar-refractivity contribution in [1.29, 1.82) is 0 Å². The molecule has 2 aromatic heterocycles. The highest BCUT2D eigenvalue weighted by molar-refractivity contribution is 5.78. The molecule has 4 nitrogen and oxygen atoms in total. The summed E-state index contributed by atoms with van der Waals surface area (Å²) in [5.74, 6) is 0.962. The molecule has 5 heteroatoms. The minimum Gasteiger partial charge on any atom is -0.469 e. The summed E-state index contributed by atoms with van der Waals surface area (Å²) in [7, 11) is 0. The molecule has 0 spiro atoms. The van der Waals surface area contributed by atoms with Crippen LogP contribution >= 0.6 is 0 Å². The van der Waals surface area contributed by atoms with Gasteiger partial charge in [0.2, 0.25) is 5.95 Å². The van der Waals surface area contributed by atoms with Gasteiger partial charge in [-0.1, -0.05) is 0 Å². The first-order valence-electron chi connectivity index (χ1n) is 6.10. The number of hydrogen-bond donors (Lipinski definition) is 1. The number of anilines is 1. The summed E-state index contributed by atoms with van der Waals surface area (Å²) in [5.41, 5.74) is 7.34. The zero-order chi connectivity index (χ0) is 13.4. The number of furan rings is 1. The third-order valence-corrected chi connectivity index (χ3v) is 3.20. The lowest BCUT2D eigenvalue weighted by molar-refractivity contribution is 0.456. The number of fused-ring (bicyclic) bond motifs is 1. The molecule has 19 heavy (non-hydrogen) atoms. The lowest BCUT2D eigenvalue weighted by atomic mass is 10.2. The second-order valence-electron chi connectivity index (χ2n) is 4.61. The molecule has 0 aliphatic carbocycles. The molecule has 1 aromatic carbocycles. The maximum atomic E-state index is 13.4. The van der Waals surface area contributed by atoms with Gasteiger partial charge in [0.25, 0.3) is 0 Å². The predicted octanol–water partition coefficient (Wildman–Crippen LogP) is 3.15. The summed E-state index contributed by atoms with van der Waals surface area (Å²) in [5, 5.41) is 0. The van der Waals surface area contributed by atoms with Crippen molar-refractivity contribution >= 4 is 17.0 Å². The molecular weight excluding hydrogens is 245 g/mol. The molecule has 3 rings (SSSR count). The molecule has 3 aromatic rings. The first kappa shape index (κ1) is 11.8. The van der Waals surface area contributed by atoms with Gasteiger partial charge in [-0.25, -0.2) is 9.37 Å². The highest BCUT2D eigenvalue weighted by Gasteiger charge is 2.15. The van der Waals surface area contributed by atoms with Crippen LogP contribution in [0.4, 0.5) is 10.3 Å². The lowest BCUT2D eigenvalue weighted by Gasteiger charge is -2.14. The third-order valence-electron chi connectivity index (χ3n) is 3.20. The van der Waals surface area contributed by atoms with E-state index in [4.69, 9.17) is 10.2 Å². The summed E-state index contributed by atoms with van der Waals surface area (Å²) >= 11 is 0. The van der Waals surface area contributed by atoms with E-state index >= 15 is 0 Å². The lowest BCUT2D eigenvalue weighted by Crippen LogP contribution is -2.11. The molecule has 0 bridgehead atoms. The Kier molecular flexibility index (Phi) is 2.74. The van der Waals surface area contributed by atoms with Crippen LogP contribution in [0.25, 0.3) is 11.0 Å². The van der Waals surface area contributed by atoms with Gasteiger partial charge in [0.1, 0.15) is 11.6 Å². The molecular formula is C14H14FN3O. The van der Waals surface area contributed by atoms with Crippen LogP contribution in [0.15, 0.2) is 41.0 Å². The van der Waals surface area contributed by atoms with Crippen LogP contribution in [-0.4, -0.2) is 9.55 Å². The fourth-order valence-electron chi connectivity index (χ4n) is 2.36. The Bertz CT molecular complexity index is 703. The Balaban J connectivity index is 2.03. The van der Waals surface area contributed by atoms with E-state index in [-0.39, 0.29) is 11.9 Å². The molecule has 0 fully saturated rings. The predicted molar refractivity (Wildman–Crippen MR) is 71.2 cm³/mol. The van der Waals surface area contributed by atoms with E-state index in [1.165, 1.54) is 12.1 Å². The SMILES string of the molecule is CC(Cc1ccco1)n1c(N)nc2ccc(F)cc21. The van der Waals surface area contributed by atoms with Crippen molar-refractivity contribution in [3.05, 3.63) is 48.2 Å². The maximum absolute atomic E-state index is 13.4. The molecule has 0 radical (unpaired) electrons. The smallest absolute Gasteiger partial charge is 0.201 e. The molecule has 0 amide bonds. The van der Waals surface area contributed by atoms with Gasteiger partial charge in [0.05, 0.1) is 17.3 Å². The van der Waals surface area contributed by atoms with E-state index in [9.17, 15) is 4.39 Å². The molecule has 0 aliphatic heterocycles. The second-order valence-corrected chi connectivity index (χ2v) is 4.61. The Labute approximate surface area is 109 Å². The van der Waals surface area contributed by atoms with E-state index in [1.807, 2.05) is 23.6 Å². The standard InChI is InChI=1S/C14H14FN3O/c1-9(7-11-3-2-6-19-11)18-13-8-10(15)4-5-12(13)17-14(18)16/h2-6,8-9H,7H2,1H3,(H2,16,17). The van der Waals surface area contributed by atoms with Crippen molar-refractivity contribution in [2.24, 2.45) is 0 Å². The van der Waals surface area contributed by atoms with Crippen LogP contribution < -0.4 is 5.73 Å². The number of benzene rings is 1. The maximum Gasteiger partial charge on any atom is 0.201 e. The van der Waals surface area contributed by atoms with E-state index in [0.29, 0.717) is 23.4 Å². The van der Waals surface area contributed by atoms with Gasteiger partial charge >= 0.3 is 0 Å². The number of nitrogens with zero attached hydrogens (tertiary/aromatic N) is 2. The third kappa shape index (κ3) is 2.07. The van der Waals surface area contributed by atoms with Crippen molar-refractivity contribution in [3.8, 4) is 0 Å². The fraction of sp³-hybridized carbons (Fsp3) is 0.214. The van der Waals surface area contributed by atoms with Crippen molar-refractivity contribution < 1.29 is 8.81 Å². The minimum absolute atomic E-state index is 0.0398. The first-order chi connectivity index (χ1) is 9.15. The Morgan fingerprint density at radius 2 is 2.26 bits per heavy atom. The normalized spacial score (nSPS) is 12.9. The molecule has 1 unspecified atom stereocenters. The molecule has 0 saturated carbocycles. The molecule has 0 aliphatic rings. The Morgan fingerprint density at radius 1 is 1.42 bits per heavy atom. The monoisotopic (exact) mass is 259 g/mol. The fourth-order valence-corrected chi connectivity index (χ4v) is 2.36. The van der Waals surface area contributed by atoms with E-state index < -0.39 is 0 Å². The summed E-state index contributed by atoms with van der Waals surface area (Å²) in [6, 6.07) is 8.27. The van der Waals surface area contributed by atoms with Gasteiger partial charge < -0.3 is 14.7 Å². The van der Waals surface area contributed by atoms with Gasteiger partial charge in [-0.3, -0.25) is 0 Å². The van der Waals surface area contributed by atoms with Crippen LogP contribution in [0.5, 0.6) is 0 Å². The van der Waals surface area contributed by atoms with Gasteiger partial charge in [-0.15, -0.1) is 0 Å². The van der Waals surface area contributed by atoms with Crippen LogP contribution in [0.3, 0.4) is 0 Å². The van der Waals surface area contributed by atoms with Crippen molar-refractivity contribution in [3.63, 3.8) is 0 Å². The van der Waals surface area contributed by atoms with Crippen LogP contribution in [-0.2, 0) is 6.42 Å². The highest BCUT2D eigenvalue weighted by atomic mass is 19.1. The first-order valence-corrected chi connectivity index (χ1v) is 6.10. The number of imidazole rings is 1. The topological polar surface area (TPSA) is 57.0 Å². The number of nitrogen functional groups attached to an aromatic ring is 1. The number of rotatable bonds is 3.